The Labute approximate surface area is 104 Å². The van der Waals surface area contributed by atoms with Gasteiger partial charge in [-0.25, -0.2) is 9.78 Å². The van der Waals surface area contributed by atoms with Crippen LogP contribution < -0.4 is 0 Å². The first-order valence-electron chi connectivity index (χ1n) is 5.31. The number of carboxylic acids is 1. The van der Waals surface area contributed by atoms with Gasteiger partial charge >= 0.3 is 5.97 Å². The number of aryl methyl sites for hydroxylation is 2. The van der Waals surface area contributed by atoms with Crippen LogP contribution in [0.15, 0.2) is 24.3 Å². The molecule has 0 saturated carbocycles. The summed E-state index contributed by atoms with van der Waals surface area (Å²) < 4.78 is 0. The van der Waals surface area contributed by atoms with Gasteiger partial charge in [0.25, 0.3) is 0 Å². The summed E-state index contributed by atoms with van der Waals surface area (Å²) in [5.74, 6) is -0.885. The lowest BCUT2D eigenvalue weighted by Crippen LogP contribution is -1.97. The first kappa shape index (κ1) is 11.8. The SMILES string of the molecule is Cc1nc(C)c(Cc2cccc(C(=O)O)c2)s1. The zero-order chi connectivity index (χ0) is 12.4. The summed E-state index contributed by atoms with van der Waals surface area (Å²) in [5, 5.41) is 9.97. The number of aromatic nitrogens is 1. The quantitative estimate of drug-likeness (QED) is 0.906. The Bertz CT molecular complexity index is 560. The Kier molecular flexibility index (Phi) is 3.24. The van der Waals surface area contributed by atoms with E-state index < -0.39 is 5.97 Å². The molecule has 17 heavy (non-hydrogen) atoms. The van der Waals surface area contributed by atoms with Crippen LogP contribution in [0.2, 0.25) is 0 Å². The molecule has 4 heteroatoms. The molecule has 1 N–H and O–H groups in total. The predicted molar refractivity (Wildman–Crippen MR) is 67.8 cm³/mol. The van der Waals surface area contributed by atoms with E-state index in [4.69, 9.17) is 5.11 Å². The summed E-state index contributed by atoms with van der Waals surface area (Å²) in [5.41, 5.74) is 2.38. The molecule has 0 spiro atoms. The molecule has 1 aromatic heterocycles. The Hall–Kier alpha value is -1.68. The number of rotatable bonds is 3. The van der Waals surface area contributed by atoms with Crippen LogP contribution in [-0.4, -0.2) is 16.1 Å². The summed E-state index contributed by atoms with van der Waals surface area (Å²) >= 11 is 1.66. The van der Waals surface area contributed by atoms with Gasteiger partial charge < -0.3 is 5.11 Å². The van der Waals surface area contributed by atoms with E-state index in [2.05, 4.69) is 4.98 Å². The third kappa shape index (κ3) is 2.71. The molecule has 0 unspecified atom stereocenters. The average molecular weight is 247 g/mol. The minimum absolute atomic E-state index is 0.335. The lowest BCUT2D eigenvalue weighted by atomic mass is 10.1. The highest BCUT2D eigenvalue weighted by atomic mass is 32.1. The molecule has 0 aliphatic carbocycles. The molecular weight excluding hydrogens is 234 g/mol. The molecule has 0 bridgehead atoms. The van der Waals surface area contributed by atoms with Crippen LogP contribution >= 0.6 is 11.3 Å². The van der Waals surface area contributed by atoms with Crippen LogP contribution in [0.5, 0.6) is 0 Å². The number of carboxylic acid groups (broad SMARTS) is 1. The Morgan fingerprint density at radius 1 is 1.41 bits per heavy atom. The smallest absolute Gasteiger partial charge is 0.335 e. The van der Waals surface area contributed by atoms with Gasteiger partial charge in [0.15, 0.2) is 0 Å². The summed E-state index contributed by atoms with van der Waals surface area (Å²) in [6.45, 7) is 3.97. The van der Waals surface area contributed by atoms with Gasteiger partial charge in [-0.2, -0.15) is 0 Å². The number of hydrogen-bond donors (Lipinski definition) is 1. The molecule has 0 aliphatic rings. The second-order valence-electron chi connectivity index (χ2n) is 3.92. The van der Waals surface area contributed by atoms with Gasteiger partial charge in [0, 0.05) is 11.3 Å². The Balaban J connectivity index is 2.27. The number of carbonyl (C=O) groups is 1. The van der Waals surface area contributed by atoms with E-state index in [9.17, 15) is 4.79 Å². The van der Waals surface area contributed by atoms with Crippen molar-refractivity contribution in [2.75, 3.05) is 0 Å². The molecule has 0 saturated heterocycles. The van der Waals surface area contributed by atoms with E-state index in [1.165, 1.54) is 4.88 Å². The van der Waals surface area contributed by atoms with Crippen LogP contribution in [0.1, 0.15) is 31.5 Å². The van der Waals surface area contributed by atoms with Gasteiger partial charge in [0.2, 0.25) is 0 Å². The van der Waals surface area contributed by atoms with Gasteiger partial charge in [-0.1, -0.05) is 12.1 Å². The maximum absolute atomic E-state index is 10.9. The van der Waals surface area contributed by atoms with Crippen molar-refractivity contribution >= 4 is 17.3 Å². The maximum atomic E-state index is 10.9. The third-order valence-electron chi connectivity index (χ3n) is 2.54. The van der Waals surface area contributed by atoms with Gasteiger partial charge in [-0.3, -0.25) is 0 Å². The van der Waals surface area contributed by atoms with E-state index in [-0.39, 0.29) is 0 Å². The average Bonchev–Trinajstić information content (AvgIpc) is 2.58. The van der Waals surface area contributed by atoms with Crippen molar-refractivity contribution in [2.45, 2.75) is 20.3 Å². The van der Waals surface area contributed by atoms with Crippen molar-refractivity contribution in [3.63, 3.8) is 0 Å². The second kappa shape index (κ2) is 4.67. The highest BCUT2D eigenvalue weighted by molar-refractivity contribution is 7.11. The lowest BCUT2D eigenvalue weighted by molar-refractivity contribution is 0.0697. The Morgan fingerprint density at radius 2 is 2.18 bits per heavy atom. The summed E-state index contributed by atoms with van der Waals surface area (Å²) in [6, 6.07) is 7.05. The fourth-order valence-corrected chi connectivity index (χ4v) is 2.71. The molecule has 0 amide bonds. The van der Waals surface area contributed by atoms with E-state index in [0.29, 0.717) is 5.56 Å². The first-order valence-corrected chi connectivity index (χ1v) is 6.13. The molecule has 0 aliphatic heterocycles. The zero-order valence-corrected chi connectivity index (χ0v) is 10.5. The van der Waals surface area contributed by atoms with E-state index >= 15 is 0 Å². The predicted octanol–water partition coefficient (Wildman–Crippen LogP) is 3.05. The molecule has 1 heterocycles. The van der Waals surface area contributed by atoms with Gasteiger partial charge in [-0.15, -0.1) is 11.3 Å². The van der Waals surface area contributed by atoms with Crippen molar-refractivity contribution in [3.8, 4) is 0 Å². The van der Waals surface area contributed by atoms with E-state index in [1.807, 2.05) is 19.9 Å². The Morgan fingerprint density at radius 3 is 2.76 bits per heavy atom. The second-order valence-corrected chi connectivity index (χ2v) is 5.21. The van der Waals surface area contributed by atoms with Crippen molar-refractivity contribution in [2.24, 2.45) is 0 Å². The maximum Gasteiger partial charge on any atom is 0.335 e. The van der Waals surface area contributed by atoms with Crippen LogP contribution in [0.3, 0.4) is 0 Å². The number of benzene rings is 1. The van der Waals surface area contributed by atoms with Gasteiger partial charge in [0.05, 0.1) is 16.3 Å². The van der Waals surface area contributed by atoms with Crippen molar-refractivity contribution in [3.05, 3.63) is 51.0 Å². The van der Waals surface area contributed by atoms with Crippen molar-refractivity contribution < 1.29 is 9.90 Å². The highest BCUT2D eigenvalue weighted by Crippen LogP contribution is 2.21. The minimum atomic E-state index is -0.885. The van der Waals surface area contributed by atoms with Crippen molar-refractivity contribution in [1.82, 2.24) is 4.98 Å². The number of nitrogens with zero attached hydrogens (tertiary/aromatic N) is 1. The molecule has 2 aromatic rings. The molecule has 3 nitrogen and oxygen atoms in total. The molecular formula is C13H13NO2S. The minimum Gasteiger partial charge on any atom is -0.478 e. The largest absolute Gasteiger partial charge is 0.478 e. The van der Waals surface area contributed by atoms with Crippen LogP contribution in [0.4, 0.5) is 0 Å². The molecule has 0 atom stereocenters. The number of thiazole rings is 1. The number of hydrogen-bond acceptors (Lipinski definition) is 3. The summed E-state index contributed by atoms with van der Waals surface area (Å²) in [4.78, 5) is 16.4. The summed E-state index contributed by atoms with van der Waals surface area (Å²) in [6.07, 6.45) is 0.748. The van der Waals surface area contributed by atoms with Crippen LogP contribution in [-0.2, 0) is 6.42 Å². The lowest BCUT2D eigenvalue weighted by Gasteiger charge is -2.01. The van der Waals surface area contributed by atoms with E-state index in [0.717, 1.165) is 22.7 Å². The molecule has 2 rings (SSSR count). The zero-order valence-electron chi connectivity index (χ0n) is 9.73. The van der Waals surface area contributed by atoms with E-state index in [1.54, 1.807) is 29.5 Å². The molecule has 0 fully saturated rings. The molecule has 0 radical (unpaired) electrons. The van der Waals surface area contributed by atoms with Crippen LogP contribution in [0, 0.1) is 13.8 Å². The topological polar surface area (TPSA) is 50.2 Å². The van der Waals surface area contributed by atoms with Crippen LogP contribution in [0.25, 0.3) is 0 Å². The third-order valence-corrected chi connectivity index (χ3v) is 3.61. The summed E-state index contributed by atoms with van der Waals surface area (Å²) in [7, 11) is 0. The number of aromatic carboxylic acids is 1. The molecule has 88 valence electrons. The first-order chi connectivity index (χ1) is 8.06. The fraction of sp³-hybridized carbons (Fsp3) is 0.231. The standard InChI is InChI=1S/C13H13NO2S/c1-8-12(17-9(2)14-8)7-10-4-3-5-11(6-10)13(15)16/h3-6H,7H2,1-2H3,(H,15,16). The van der Waals surface area contributed by atoms with Crippen molar-refractivity contribution in [1.29, 1.82) is 0 Å². The molecule has 1 aromatic carbocycles. The van der Waals surface area contributed by atoms with Gasteiger partial charge in [0.1, 0.15) is 0 Å². The van der Waals surface area contributed by atoms with Gasteiger partial charge in [-0.05, 0) is 31.5 Å². The normalized spacial score (nSPS) is 10.5. The fourth-order valence-electron chi connectivity index (χ4n) is 1.74. The monoisotopic (exact) mass is 247 g/mol. The highest BCUT2D eigenvalue weighted by Gasteiger charge is 2.08.